The SMILES string of the molecule is CC(=O)N1CCCC(C(=O)CBr)C1. The number of carbonyl (C=O) groups excluding carboxylic acids is 2. The highest BCUT2D eigenvalue weighted by atomic mass is 79.9. The van der Waals surface area contributed by atoms with E-state index in [9.17, 15) is 9.59 Å². The first-order valence-electron chi connectivity index (χ1n) is 4.49. The fourth-order valence-corrected chi connectivity index (χ4v) is 2.09. The number of hydrogen-bond acceptors (Lipinski definition) is 2. The van der Waals surface area contributed by atoms with Gasteiger partial charge >= 0.3 is 0 Å². The minimum Gasteiger partial charge on any atom is -0.342 e. The molecule has 1 unspecified atom stereocenters. The largest absolute Gasteiger partial charge is 0.342 e. The summed E-state index contributed by atoms with van der Waals surface area (Å²) in [4.78, 5) is 24.2. The number of nitrogens with zero attached hydrogens (tertiary/aromatic N) is 1. The minimum atomic E-state index is 0.0528. The van der Waals surface area contributed by atoms with Crippen molar-refractivity contribution in [3.05, 3.63) is 0 Å². The Bertz CT molecular complexity index is 218. The zero-order valence-corrected chi connectivity index (χ0v) is 9.34. The molecule has 0 N–H and O–H groups in total. The van der Waals surface area contributed by atoms with E-state index in [1.54, 1.807) is 11.8 Å². The molecule has 1 amide bonds. The number of alkyl halides is 1. The summed E-state index contributed by atoms with van der Waals surface area (Å²) >= 11 is 3.15. The van der Waals surface area contributed by atoms with Crippen molar-refractivity contribution in [3.8, 4) is 0 Å². The van der Waals surface area contributed by atoms with Crippen molar-refractivity contribution >= 4 is 27.6 Å². The van der Waals surface area contributed by atoms with E-state index in [1.807, 2.05) is 0 Å². The van der Waals surface area contributed by atoms with E-state index < -0.39 is 0 Å². The summed E-state index contributed by atoms with van der Waals surface area (Å²) in [7, 11) is 0. The molecule has 0 radical (unpaired) electrons. The van der Waals surface area contributed by atoms with Gasteiger partial charge in [0.05, 0.1) is 5.33 Å². The van der Waals surface area contributed by atoms with Crippen LogP contribution in [0.15, 0.2) is 0 Å². The quantitative estimate of drug-likeness (QED) is 0.689. The Morgan fingerprint density at radius 1 is 1.54 bits per heavy atom. The van der Waals surface area contributed by atoms with Gasteiger partial charge < -0.3 is 4.90 Å². The normalized spacial score (nSPS) is 22.9. The van der Waals surface area contributed by atoms with Crippen LogP contribution in [-0.2, 0) is 9.59 Å². The van der Waals surface area contributed by atoms with Crippen molar-refractivity contribution in [2.24, 2.45) is 5.92 Å². The van der Waals surface area contributed by atoms with Gasteiger partial charge in [-0.3, -0.25) is 9.59 Å². The maximum absolute atomic E-state index is 11.4. The minimum absolute atomic E-state index is 0.0528. The number of rotatable bonds is 2. The number of carbonyl (C=O) groups is 2. The molecule has 1 atom stereocenters. The van der Waals surface area contributed by atoms with Crippen LogP contribution in [0.25, 0.3) is 0 Å². The Morgan fingerprint density at radius 2 is 2.23 bits per heavy atom. The second kappa shape index (κ2) is 4.74. The summed E-state index contributed by atoms with van der Waals surface area (Å²) in [6.07, 6.45) is 1.87. The highest BCUT2D eigenvalue weighted by Crippen LogP contribution is 2.17. The van der Waals surface area contributed by atoms with Crippen LogP contribution in [0.4, 0.5) is 0 Å². The molecular weight excluding hydrogens is 234 g/mol. The Kier molecular flexibility index (Phi) is 3.90. The first-order valence-corrected chi connectivity index (χ1v) is 5.61. The lowest BCUT2D eigenvalue weighted by molar-refractivity contribution is -0.132. The Labute approximate surface area is 86.6 Å². The third kappa shape index (κ3) is 2.79. The van der Waals surface area contributed by atoms with Crippen LogP contribution in [0.5, 0.6) is 0 Å². The number of hydrogen-bond donors (Lipinski definition) is 0. The molecular formula is C9H14BrNO2. The van der Waals surface area contributed by atoms with Gasteiger partial charge in [-0.05, 0) is 12.8 Å². The average Bonchev–Trinajstić information content (AvgIpc) is 2.17. The van der Waals surface area contributed by atoms with E-state index in [-0.39, 0.29) is 17.6 Å². The predicted molar refractivity (Wildman–Crippen MR) is 53.8 cm³/mol. The summed E-state index contributed by atoms with van der Waals surface area (Å²) in [5.41, 5.74) is 0. The maximum Gasteiger partial charge on any atom is 0.219 e. The lowest BCUT2D eigenvalue weighted by atomic mass is 9.95. The van der Waals surface area contributed by atoms with Crippen LogP contribution in [0.3, 0.4) is 0 Å². The van der Waals surface area contributed by atoms with E-state index in [0.29, 0.717) is 11.9 Å². The lowest BCUT2D eigenvalue weighted by Gasteiger charge is -2.30. The Hall–Kier alpha value is -0.380. The zero-order chi connectivity index (χ0) is 9.84. The third-order valence-electron chi connectivity index (χ3n) is 2.45. The van der Waals surface area contributed by atoms with Gasteiger partial charge in [0, 0.05) is 25.9 Å². The Balaban J connectivity index is 2.51. The summed E-state index contributed by atoms with van der Waals surface area (Å²) in [6, 6.07) is 0. The molecule has 1 fully saturated rings. The van der Waals surface area contributed by atoms with Crippen molar-refractivity contribution in [1.29, 1.82) is 0 Å². The zero-order valence-electron chi connectivity index (χ0n) is 7.75. The lowest BCUT2D eigenvalue weighted by Crippen LogP contribution is -2.41. The molecule has 4 heteroatoms. The molecule has 0 aromatic carbocycles. The molecule has 1 saturated heterocycles. The molecule has 13 heavy (non-hydrogen) atoms. The number of Topliss-reactive ketones (excluding diaryl/α,β-unsaturated/α-hetero) is 1. The summed E-state index contributed by atoms with van der Waals surface area (Å²) in [5.74, 6) is 0.343. The standard InChI is InChI=1S/C9H14BrNO2/c1-7(12)11-4-2-3-8(6-11)9(13)5-10/h8H,2-6H2,1H3. The highest BCUT2D eigenvalue weighted by Gasteiger charge is 2.25. The van der Waals surface area contributed by atoms with Crippen molar-refractivity contribution in [1.82, 2.24) is 4.90 Å². The van der Waals surface area contributed by atoms with Gasteiger partial charge in [0.1, 0.15) is 5.78 Å². The predicted octanol–water partition coefficient (Wildman–Crippen LogP) is 1.21. The summed E-state index contributed by atoms with van der Waals surface area (Å²) < 4.78 is 0. The Morgan fingerprint density at radius 3 is 2.77 bits per heavy atom. The fourth-order valence-electron chi connectivity index (χ4n) is 1.64. The smallest absolute Gasteiger partial charge is 0.219 e. The van der Waals surface area contributed by atoms with Crippen LogP contribution >= 0.6 is 15.9 Å². The van der Waals surface area contributed by atoms with Crippen molar-refractivity contribution in [2.45, 2.75) is 19.8 Å². The maximum atomic E-state index is 11.4. The van der Waals surface area contributed by atoms with E-state index in [1.165, 1.54) is 0 Å². The van der Waals surface area contributed by atoms with E-state index in [0.717, 1.165) is 19.4 Å². The molecule has 0 aromatic rings. The van der Waals surface area contributed by atoms with Crippen LogP contribution in [-0.4, -0.2) is 35.0 Å². The first-order chi connectivity index (χ1) is 6.15. The first kappa shape index (κ1) is 10.7. The molecule has 1 aliphatic rings. The van der Waals surface area contributed by atoms with Crippen molar-refractivity contribution in [3.63, 3.8) is 0 Å². The molecule has 0 saturated carbocycles. The van der Waals surface area contributed by atoms with Gasteiger partial charge in [-0.25, -0.2) is 0 Å². The topological polar surface area (TPSA) is 37.4 Å². The summed E-state index contributed by atoms with van der Waals surface area (Å²) in [5, 5.41) is 0.406. The molecule has 0 spiro atoms. The number of amides is 1. The van der Waals surface area contributed by atoms with Gasteiger partial charge in [-0.1, -0.05) is 15.9 Å². The fraction of sp³-hybridized carbons (Fsp3) is 0.778. The molecule has 0 aliphatic carbocycles. The molecule has 0 bridgehead atoms. The number of ketones is 1. The van der Waals surface area contributed by atoms with E-state index in [2.05, 4.69) is 15.9 Å². The average molecular weight is 248 g/mol. The van der Waals surface area contributed by atoms with Gasteiger partial charge in [-0.2, -0.15) is 0 Å². The molecule has 74 valence electrons. The van der Waals surface area contributed by atoms with Crippen LogP contribution in [0.2, 0.25) is 0 Å². The van der Waals surface area contributed by atoms with Crippen molar-refractivity contribution < 1.29 is 9.59 Å². The third-order valence-corrected chi connectivity index (χ3v) is 3.01. The highest BCUT2D eigenvalue weighted by molar-refractivity contribution is 9.09. The number of piperidine rings is 1. The van der Waals surface area contributed by atoms with Crippen LogP contribution in [0.1, 0.15) is 19.8 Å². The number of likely N-dealkylation sites (tertiary alicyclic amines) is 1. The van der Waals surface area contributed by atoms with Crippen LogP contribution in [0, 0.1) is 5.92 Å². The molecule has 1 rings (SSSR count). The molecule has 1 aliphatic heterocycles. The van der Waals surface area contributed by atoms with Gasteiger partial charge in [0.15, 0.2) is 0 Å². The van der Waals surface area contributed by atoms with Crippen LogP contribution < -0.4 is 0 Å². The molecule has 0 aromatic heterocycles. The summed E-state index contributed by atoms with van der Waals surface area (Å²) in [6.45, 7) is 2.97. The second-order valence-electron chi connectivity index (χ2n) is 3.40. The van der Waals surface area contributed by atoms with Gasteiger partial charge in [-0.15, -0.1) is 0 Å². The monoisotopic (exact) mass is 247 g/mol. The van der Waals surface area contributed by atoms with Gasteiger partial charge in [0.2, 0.25) is 5.91 Å². The van der Waals surface area contributed by atoms with Crippen molar-refractivity contribution in [2.75, 3.05) is 18.4 Å². The molecule has 3 nitrogen and oxygen atoms in total. The second-order valence-corrected chi connectivity index (χ2v) is 3.96. The van der Waals surface area contributed by atoms with E-state index in [4.69, 9.17) is 0 Å². The van der Waals surface area contributed by atoms with E-state index >= 15 is 0 Å². The van der Waals surface area contributed by atoms with Gasteiger partial charge in [0.25, 0.3) is 0 Å². The number of halogens is 1. The molecule has 1 heterocycles.